The van der Waals surface area contributed by atoms with Crippen LogP contribution >= 0.6 is 15.9 Å². The first-order valence-corrected chi connectivity index (χ1v) is 6.12. The van der Waals surface area contributed by atoms with E-state index in [1.807, 2.05) is 24.3 Å². The minimum Gasteiger partial charge on any atom is -0.367 e. The molecular formula is C13H16BrNO. The second-order valence-electron chi connectivity index (χ2n) is 3.56. The molecule has 0 bridgehead atoms. The van der Waals surface area contributed by atoms with Gasteiger partial charge in [-0.15, -0.1) is 6.58 Å². The van der Waals surface area contributed by atoms with Gasteiger partial charge in [0.1, 0.15) is 0 Å². The highest BCUT2D eigenvalue weighted by Gasteiger charge is 2.09. The molecule has 0 unspecified atom stereocenters. The van der Waals surface area contributed by atoms with Crippen LogP contribution in [0.2, 0.25) is 0 Å². The minimum absolute atomic E-state index is 0.713. The lowest BCUT2D eigenvalue weighted by Crippen LogP contribution is -2.25. The van der Waals surface area contributed by atoms with Crippen LogP contribution in [0, 0.1) is 0 Å². The molecule has 0 atom stereocenters. The highest BCUT2D eigenvalue weighted by Crippen LogP contribution is 2.23. The maximum atomic E-state index is 11.0. The second-order valence-corrected chi connectivity index (χ2v) is 4.47. The predicted molar refractivity (Wildman–Crippen MR) is 72.2 cm³/mol. The van der Waals surface area contributed by atoms with Crippen LogP contribution in [0.4, 0.5) is 5.69 Å². The van der Waals surface area contributed by atoms with Crippen LogP contribution in [0.25, 0.3) is 0 Å². The highest BCUT2D eigenvalue weighted by molar-refractivity contribution is 9.10. The first kappa shape index (κ1) is 13.0. The zero-order valence-electron chi connectivity index (χ0n) is 9.45. The number of rotatable bonds is 6. The van der Waals surface area contributed by atoms with Gasteiger partial charge in [-0.05, 0) is 24.6 Å². The smallest absolute Gasteiger partial charge is 0.152 e. The molecule has 86 valence electrons. The van der Waals surface area contributed by atoms with Crippen LogP contribution in [0.1, 0.15) is 23.7 Å². The van der Waals surface area contributed by atoms with Crippen LogP contribution in [-0.2, 0) is 0 Å². The van der Waals surface area contributed by atoms with E-state index in [0.717, 1.165) is 36.0 Å². The number of anilines is 1. The largest absolute Gasteiger partial charge is 0.367 e. The van der Waals surface area contributed by atoms with Crippen molar-refractivity contribution in [2.24, 2.45) is 0 Å². The molecule has 0 spiro atoms. The average Bonchev–Trinajstić information content (AvgIpc) is 2.28. The Morgan fingerprint density at radius 2 is 2.25 bits per heavy atom. The lowest BCUT2D eigenvalue weighted by atomic mass is 10.1. The van der Waals surface area contributed by atoms with Crippen molar-refractivity contribution < 1.29 is 4.79 Å². The summed E-state index contributed by atoms with van der Waals surface area (Å²) in [6, 6.07) is 5.76. The van der Waals surface area contributed by atoms with Gasteiger partial charge in [-0.2, -0.15) is 0 Å². The zero-order valence-corrected chi connectivity index (χ0v) is 11.0. The fraction of sp³-hybridized carbons (Fsp3) is 0.308. The van der Waals surface area contributed by atoms with Gasteiger partial charge in [0.2, 0.25) is 0 Å². The average molecular weight is 282 g/mol. The van der Waals surface area contributed by atoms with Gasteiger partial charge in [-0.3, -0.25) is 4.79 Å². The van der Waals surface area contributed by atoms with Crippen molar-refractivity contribution in [1.29, 1.82) is 0 Å². The molecule has 1 aromatic carbocycles. The minimum atomic E-state index is 0.713. The van der Waals surface area contributed by atoms with E-state index in [-0.39, 0.29) is 0 Å². The molecule has 3 heteroatoms. The molecule has 1 rings (SSSR count). The lowest BCUT2D eigenvalue weighted by Gasteiger charge is -2.24. The van der Waals surface area contributed by atoms with Crippen molar-refractivity contribution >= 4 is 27.9 Å². The van der Waals surface area contributed by atoms with E-state index in [1.165, 1.54) is 0 Å². The van der Waals surface area contributed by atoms with Crippen molar-refractivity contribution in [2.45, 2.75) is 13.3 Å². The Morgan fingerprint density at radius 1 is 1.50 bits per heavy atom. The molecule has 0 aliphatic heterocycles. The number of carbonyl (C=O) groups excluding carboxylic acids is 1. The number of hydrogen-bond donors (Lipinski definition) is 0. The normalized spacial score (nSPS) is 9.88. The zero-order chi connectivity index (χ0) is 12.0. The SMILES string of the molecule is C=CCN(CCC)c1ccc(Br)cc1C=O. The maximum absolute atomic E-state index is 11.0. The van der Waals surface area contributed by atoms with Crippen LogP contribution < -0.4 is 4.90 Å². The fourth-order valence-corrected chi connectivity index (χ4v) is 2.02. The standard InChI is InChI=1S/C13H16BrNO/c1-3-7-15(8-4-2)13-6-5-12(14)9-11(13)10-16/h3,5-6,9-10H,1,4,7-8H2,2H3. The van der Waals surface area contributed by atoms with E-state index in [4.69, 9.17) is 0 Å². The van der Waals surface area contributed by atoms with E-state index in [1.54, 1.807) is 0 Å². The topological polar surface area (TPSA) is 20.3 Å². The Balaban J connectivity index is 3.06. The predicted octanol–water partition coefficient (Wildman–Crippen LogP) is 3.66. The first-order chi connectivity index (χ1) is 7.72. The summed E-state index contributed by atoms with van der Waals surface area (Å²) >= 11 is 3.37. The lowest BCUT2D eigenvalue weighted by molar-refractivity contribution is 0.112. The molecule has 16 heavy (non-hydrogen) atoms. The van der Waals surface area contributed by atoms with Gasteiger partial charge in [0.15, 0.2) is 6.29 Å². The summed E-state index contributed by atoms with van der Waals surface area (Å²) in [4.78, 5) is 13.2. The fourth-order valence-electron chi connectivity index (χ4n) is 1.64. The van der Waals surface area contributed by atoms with Gasteiger partial charge >= 0.3 is 0 Å². The number of halogens is 1. The molecule has 0 aliphatic rings. The van der Waals surface area contributed by atoms with Crippen molar-refractivity contribution in [3.63, 3.8) is 0 Å². The van der Waals surface area contributed by atoms with Crippen molar-refractivity contribution in [2.75, 3.05) is 18.0 Å². The van der Waals surface area contributed by atoms with E-state index < -0.39 is 0 Å². The summed E-state index contributed by atoms with van der Waals surface area (Å²) in [6.45, 7) is 7.55. The maximum Gasteiger partial charge on any atom is 0.152 e. The van der Waals surface area contributed by atoms with Crippen molar-refractivity contribution in [3.05, 3.63) is 40.9 Å². The second kappa shape index (κ2) is 6.48. The summed E-state index contributed by atoms with van der Waals surface area (Å²) in [5.74, 6) is 0. The summed E-state index contributed by atoms with van der Waals surface area (Å²) in [6.07, 6.45) is 3.79. The Bertz CT molecular complexity index is 376. The number of hydrogen-bond acceptors (Lipinski definition) is 2. The van der Waals surface area contributed by atoms with Gasteiger partial charge < -0.3 is 4.90 Å². The van der Waals surface area contributed by atoms with Crippen LogP contribution in [0.3, 0.4) is 0 Å². The van der Waals surface area contributed by atoms with Crippen molar-refractivity contribution in [3.8, 4) is 0 Å². The van der Waals surface area contributed by atoms with Gasteiger partial charge in [-0.1, -0.05) is 28.9 Å². The molecule has 0 heterocycles. The molecule has 2 nitrogen and oxygen atoms in total. The molecule has 0 aromatic heterocycles. The Hall–Kier alpha value is -1.09. The summed E-state index contributed by atoms with van der Waals surface area (Å²) in [5.41, 5.74) is 1.68. The molecule has 0 amide bonds. The van der Waals surface area contributed by atoms with Gasteiger partial charge in [0.05, 0.1) is 0 Å². The van der Waals surface area contributed by atoms with Gasteiger partial charge in [0.25, 0.3) is 0 Å². The third-order valence-corrected chi connectivity index (χ3v) is 2.79. The Morgan fingerprint density at radius 3 is 2.81 bits per heavy atom. The van der Waals surface area contributed by atoms with E-state index >= 15 is 0 Å². The van der Waals surface area contributed by atoms with Crippen LogP contribution in [-0.4, -0.2) is 19.4 Å². The number of nitrogens with zero attached hydrogens (tertiary/aromatic N) is 1. The van der Waals surface area contributed by atoms with E-state index in [9.17, 15) is 4.79 Å². The Kier molecular flexibility index (Phi) is 5.26. The van der Waals surface area contributed by atoms with Gasteiger partial charge in [0, 0.05) is 28.8 Å². The number of carbonyl (C=O) groups is 1. The molecule has 0 saturated carbocycles. The Labute approximate surface area is 105 Å². The van der Waals surface area contributed by atoms with Crippen molar-refractivity contribution in [1.82, 2.24) is 0 Å². The molecule has 0 fully saturated rings. The van der Waals surface area contributed by atoms with E-state index in [0.29, 0.717) is 5.56 Å². The molecule has 1 aromatic rings. The quantitative estimate of drug-likeness (QED) is 0.586. The summed E-state index contributed by atoms with van der Waals surface area (Å²) < 4.78 is 0.924. The molecule has 0 saturated heterocycles. The summed E-state index contributed by atoms with van der Waals surface area (Å²) in [7, 11) is 0. The van der Waals surface area contributed by atoms with Crippen LogP contribution in [0.5, 0.6) is 0 Å². The number of aldehydes is 1. The highest BCUT2D eigenvalue weighted by atomic mass is 79.9. The first-order valence-electron chi connectivity index (χ1n) is 5.33. The molecular weight excluding hydrogens is 266 g/mol. The molecule has 0 aliphatic carbocycles. The molecule has 0 radical (unpaired) electrons. The van der Waals surface area contributed by atoms with Crippen LogP contribution in [0.15, 0.2) is 35.3 Å². The molecule has 0 N–H and O–H groups in total. The van der Waals surface area contributed by atoms with Gasteiger partial charge in [-0.25, -0.2) is 0 Å². The monoisotopic (exact) mass is 281 g/mol. The third-order valence-electron chi connectivity index (χ3n) is 2.30. The summed E-state index contributed by atoms with van der Waals surface area (Å²) in [5, 5.41) is 0. The van der Waals surface area contributed by atoms with E-state index in [2.05, 4.69) is 34.3 Å². The third kappa shape index (κ3) is 3.20. The number of benzene rings is 1.